The molecule has 22 heavy (non-hydrogen) atoms. The van der Waals surface area contributed by atoms with E-state index in [-0.39, 0.29) is 5.41 Å². The van der Waals surface area contributed by atoms with Crippen LogP contribution >= 0.6 is 0 Å². The molecule has 0 radical (unpaired) electrons. The monoisotopic (exact) mass is 299 g/mol. The first kappa shape index (κ1) is 16.2. The Bertz CT molecular complexity index is 614. The van der Waals surface area contributed by atoms with Crippen molar-refractivity contribution in [2.24, 2.45) is 0 Å². The van der Waals surface area contributed by atoms with Crippen LogP contribution in [0, 0.1) is 0 Å². The fourth-order valence-corrected chi connectivity index (χ4v) is 2.41. The van der Waals surface area contributed by atoms with Crippen LogP contribution in [0.15, 0.2) is 30.5 Å². The first-order valence-corrected chi connectivity index (χ1v) is 7.77. The molecule has 1 aromatic heterocycles. The van der Waals surface area contributed by atoms with Crippen molar-refractivity contribution in [1.82, 2.24) is 15.2 Å². The quantitative estimate of drug-likeness (QED) is 0.911. The number of benzene rings is 1. The molecule has 118 valence electrons. The molecule has 2 aromatic rings. The minimum absolute atomic E-state index is 0.0491. The van der Waals surface area contributed by atoms with Gasteiger partial charge in [-0.1, -0.05) is 39.0 Å². The number of aromatic nitrogens is 3. The number of rotatable bonds is 5. The van der Waals surface area contributed by atoms with Crippen molar-refractivity contribution in [3.8, 4) is 0 Å². The molecule has 0 aliphatic rings. The molecule has 0 aliphatic heterocycles. The highest BCUT2D eigenvalue weighted by Gasteiger charge is 2.18. The molecule has 1 aromatic carbocycles. The van der Waals surface area contributed by atoms with E-state index >= 15 is 0 Å². The van der Waals surface area contributed by atoms with Crippen LogP contribution in [-0.2, 0) is 5.41 Å². The fourth-order valence-electron chi connectivity index (χ4n) is 2.41. The highest BCUT2D eigenvalue weighted by molar-refractivity contribution is 5.61. The lowest BCUT2D eigenvalue weighted by Crippen LogP contribution is -2.23. The first-order valence-electron chi connectivity index (χ1n) is 7.77. The zero-order valence-electron chi connectivity index (χ0n) is 14.1. The van der Waals surface area contributed by atoms with E-state index in [2.05, 4.69) is 72.1 Å². The average molecular weight is 299 g/mol. The van der Waals surface area contributed by atoms with Crippen molar-refractivity contribution in [3.05, 3.63) is 36.0 Å². The zero-order valence-corrected chi connectivity index (χ0v) is 14.1. The lowest BCUT2D eigenvalue weighted by atomic mass is 9.86. The molecule has 5 nitrogen and oxygen atoms in total. The second-order valence-electron chi connectivity index (χ2n) is 6.23. The van der Waals surface area contributed by atoms with E-state index in [0.29, 0.717) is 5.95 Å². The van der Waals surface area contributed by atoms with Crippen LogP contribution < -0.4 is 10.2 Å². The number of para-hydroxylation sites is 1. The molecule has 0 saturated carbocycles. The molecule has 1 N–H and O–H groups in total. The van der Waals surface area contributed by atoms with Gasteiger partial charge in [-0.25, -0.2) is 0 Å². The van der Waals surface area contributed by atoms with Crippen LogP contribution in [0.4, 0.5) is 17.5 Å². The number of hydrogen-bond donors (Lipinski definition) is 1. The molecular formula is C17H25N5. The summed E-state index contributed by atoms with van der Waals surface area (Å²) < 4.78 is 0. The third kappa shape index (κ3) is 3.72. The van der Waals surface area contributed by atoms with Crippen LogP contribution in [0.3, 0.4) is 0 Å². The van der Waals surface area contributed by atoms with Gasteiger partial charge in [0.15, 0.2) is 5.82 Å². The number of anilines is 3. The Kier molecular flexibility index (Phi) is 4.96. The van der Waals surface area contributed by atoms with Crippen molar-refractivity contribution in [1.29, 1.82) is 0 Å². The summed E-state index contributed by atoms with van der Waals surface area (Å²) in [7, 11) is 0. The van der Waals surface area contributed by atoms with Crippen molar-refractivity contribution in [2.45, 2.75) is 40.0 Å². The van der Waals surface area contributed by atoms with Gasteiger partial charge in [-0.15, -0.1) is 5.10 Å². The third-order valence-corrected chi connectivity index (χ3v) is 3.62. The summed E-state index contributed by atoms with van der Waals surface area (Å²) in [6.45, 7) is 12.6. The summed E-state index contributed by atoms with van der Waals surface area (Å²) in [5.74, 6) is 1.37. The highest BCUT2D eigenvalue weighted by Crippen LogP contribution is 2.30. The summed E-state index contributed by atoms with van der Waals surface area (Å²) in [4.78, 5) is 6.72. The van der Waals surface area contributed by atoms with Gasteiger partial charge < -0.3 is 10.2 Å². The normalized spacial score (nSPS) is 11.3. The van der Waals surface area contributed by atoms with Crippen LogP contribution in [0.5, 0.6) is 0 Å². The van der Waals surface area contributed by atoms with Crippen LogP contribution in [0.25, 0.3) is 0 Å². The SMILES string of the molecule is CCN(CC)c1cnnc(Nc2ccccc2C(C)(C)C)n1. The van der Waals surface area contributed by atoms with E-state index in [1.807, 2.05) is 12.1 Å². The van der Waals surface area contributed by atoms with Crippen molar-refractivity contribution < 1.29 is 0 Å². The average Bonchev–Trinajstić information content (AvgIpc) is 2.48. The summed E-state index contributed by atoms with van der Waals surface area (Å²) >= 11 is 0. The molecule has 5 heteroatoms. The standard InChI is InChI=1S/C17H25N5/c1-6-22(7-2)15-12-18-21-16(20-15)19-14-11-9-8-10-13(14)17(3,4)5/h8-12H,6-7H2,1-5H3,(H,19,20,21). The van der Waals surface area contributed by atoms with Crippen molar-refractivity contribution >= 4 is 17.5 Å². The summed E-state index contributed by atoms with van der Waals surface area (Å²) in [5, 5.41) is 11.5. The zero-order chi connectivity index (χ0) is 16.2. The number of nitrogens with zero attached hydrogens (tertiary/aromatic N) is 4. The molecule has 0 spiro atoms. The molecule has 0 atom stereocenters. The Balaban J connectivity index is 2.31. The first-order chi connectivity index (χ1) is 10.5. The minimum Gasteiger partial charge on any atom is -0.356 e. The van der Waals surface area contributed by atoms with Crippen molar-refractivity contribution in [3.63, 3.8) is 0 Å². The summed E-state index contributed by atoms with van der Waals surface area (Å²) in [6.07, 6.45) is 1.70. The topological polar surface area (TPSA) is 53.9 Å². The maximum atomic E-state index is 4.57. The van der Waals surface area contributed by atoms with Gasteiger partial charge in [-0.05, 0) is 30.9 Å². The fraction of sp³-hybridized carbons (Fsp3) is 0.471. The van der Waals surface area contributed by atoms with Crippen LogP contribution in [0.2, 0.25) is 0 Å². The third-order valence-electron chi connectivity index (χ3n) is 3.62. The number of hydrogen-bond acceptors (Lipinski definition) is 5. The Morgan fingerprint density at radius 1 is 1.09 bits per heavy atom. The van der Waals surface area contributed by atoms with Crippen molar-refractivity contribution in [2.75, 3.05) is 23.3 Å². The second-order valence-corrected chi connectivity index (χ2v) is 6.23. The molecule has 0 unspecified atom stereocenters. The molecule has 0 amide bonds. The molecule has 0 fully saturated rings. The van der Waals surface area contributed by atoms with Gasteiger partial charge in [0.2, 0.25) is 5.95 Å². The Morgan fingerprint density at radius 3 is 2.41 bits per heavy atom. The molecule has 0 aliphatic carbocycles. The molecule has 2 rings (SSSR count). The molecule has 1 heterocycles. The predicted molar refractivity (Wildman–Crippen MR) is 91.8 cm³/mol. The molecule has 0 saturated heterocycles. The van der Waals surface area contributed by atoms with Gasteiger partial charge in [-0.3, -0.25) is 0 Å². The van der Waals surface area contributed by atoms with E-state index in [9.17, 15) is 0 Å². The van der Waals surface area contributed by atoms with E-state index < -0.39 is 0 Å². The van der Waals surface area contributed by atoms with Gasteiger partial charge in [-0.2, -0.15) is 10.1 Å². The smallest absolute Gasteiger partial charge is 0.249 e. The van der Waals surface area contributed by atoms with Gasteiger partial charge in [0.05, 0.1) is 6.20 Å². The van der Waals surface area contributed by atoms with Gasteiger partial charge in [0.25, 0.3) is 0 Å². The summed E-state index contributed by atoms with van der Waals surface area (Å²) in [5.41, 5.74) is 2.30. The lowest BCUT2D eigenvalue weighted by molar-refractivity contribution is 0.592. The van der Waals surface area contributed by atoms with Crippen LogP contribution in [-0.4, -0.2) is 28.3 Å². The van der Waals surface area contributed by atoms with Gasteiger partial charge in [0, 0.05) is 18.8 Å². The Labute approximate surface area is 132 Å². The minimum atomic E-state index is 0.0491. The van der Waals surface area contributed by atoms with Gasteiger partial charge in [0.1, 0.15) is 0 Å². The molecule has 0 bridgehead atoms. The Morgan fingerprint density at radius 2 is 1.77 bits per heavy atom. The van der Waals surface area contributed by atoms with E-state index in [1.165, 1.54) is 5.56 Å². The van der Waals surface area contributed by atoms with E-state index in [0.717, 1.165) is 24.6 Å². The summed E-state index contributed by atoms with van der Waals surface area (Å²) in [6, 6.07) is 8.24. The Hall–Kier alpha value is -2.17. The van der Waals surface area contributed by atoms with Gasteiger partial charge >= 0.3 is 0 Å². The maximum absolute atomic E-state index is 4.57. The van der Waals surface area contributed by atoms with E-state index in [4.69, 9.17) is 0 Å². The predicted octanol–water partition coefficient (Wildman–Crippen LogP) is 3.76. The van der Waals surface area contributed by atoms with E-state index in [1.54, 1.807) is 6.20 Å². The highest BCUT2D eigenvalue weighted by atomic mass is 15.3. The number of nitrogens with one attached hydrogen (secondary N) is 1. The maximum Gasteiger partial charge on any atom is 0.249 e. The second kappa shape index (κ2) is 6.73. The van der Waals surface area contributed by atoms with Crippen LogP contribution in [0.1, 0.15) is 40.2 Å². The largest absolute Gasteiger partial charge is 0.356 e. The molecular weight excluding hydrogens is 274 g/mol. The lowest BCUT2D eigenvalue weighted by Gasteiger charge is -2.23.